The highest BCUT2D eigenvalue weighted by molar-refractivity contribution is 6.32. The number of carbonyl (C=O) groups is 1. The molecule has 41 heavy (non-hydrogen) atoms. The average Bonchev–Trinajstić information content (AvgIpc) is 2.88. The number of alkyl halides is 6. The van der Waals surface area contributed by atoms with Crippen molar-refractivity contribution < 1.29 is 40.6 Å². The summed E-state index contributed by atoms with van der Waals surface area (Å²) in [5, 5.41) is 0.192. The molecule has 0 aliphatic rings. The molecule has 0 atom stereocenters. The maximum Gasteiger partial charge on any atom is 0.416 e. The summed E-state index contributed by atoms with van der Waals surface area (Å²) < 4.78 is 92.4. The Kier molecular flexibility index (Phi) is 9.44. The summed E-state index contributed by atoms with van der Waals surface area (Å²) >= 11 is 6.20. The Morgan fingerprint density at radius 1 is 0.927 bits per heavy atom. The molecule has 3 aromatic rings. The number of likely N-dealkylation sites (N-methyl/N-ethyl adjacent to an activating group) is 1. The van der Waals surface area contributed by atoms with Gasteiger partial charge in [0.25, 0.3) is 5.91 Å². The average molecular weight is 605 g/mol. The second kappa shape index (κ2) is 12.1. The smallest absolute Gasteiger partial charge is 0.416 e. The summed E-state index contributed by atoms with van der Waals surface area (Å²) in [6.07, 6.45) is -9.01. The van der Waals surface area contributed by atoms with E-state index in [0.29, 0.717) is 18.7 Å². The fourth-order valence-electron chi connectivity index (χ4n) is 3.53. The van der Waals surface area contributed by atoms with Crippen molar-refractivity contribution in [1.29, 1.82) is 0 Å². The Balaban J connectivity index is 2.05. The number of hydrogen-bond acceptors (Lipinski definition) is 6. The fraction of sp³-hybridized carbons (Fsp3) is 0.370. The summed E-state index contributed by atoms with van der Waals surface area (Å²) in [7, 11) is 4.89. The Morgan fingerprint density at radius 2 is 1.49 bits per heavy atom. The van der Waals surface area contributed by atoms with Gasteiger partial charge in [-0.15, -0.1) is 0 Å². The standard InChI is InChI=1S/C27H27ClF6N4O3/c1-25(2,16-12-17(26(29,30)31)14-18(13-16)27(32,33)34)38(5)23(39)19-15-35-24(40-11-10-37(3)4)36-22(19)41-21-9-7-6-8-20(21)28/h6-9,12-15H,10-11H2,1-5H3. The van der Waals surface area contributed by atoms with E-state index in [-0.39, 0.29) is 40.9 Å². The van der Waals surface area contributed by atoms with E-state index in [1.54, 1.807) is 12.1 Å². The topological polar surface area (TPSA) is 67.8 Å². The summed E-state index contributed by atoms with van der Waals surface area (Å²) in [4.78, 5) is 24.7. The predicted octanol–water partition coefficient (Wildman–Crippen LogP) is 6.91. The van der Waals surface area contributed by atoms with Crippen LogP contribution in [0.1, 0.15) is 40.9 Å². The van der Waals surface area contributed by atoms with Crippen LogP contribution in [0.15, 0.2) is 48.7 Å². The van der Waals surface area contributed by atoms with Gasteiger partial charge in [0, 0.05) is 13.6 Å². The van der Waals surface area contributed by atoms with Gasteiger partial charge in [-0.05, 0) is 63.8 Å². The quantitative estimate of drug-likeness (QED) is 0.247. The minimum atomic E-state index is -5.05. The number of amides is 1. The molecule has 0 aliphatic heterocycles. The third kappa shape index (κ3) is 7.79. The van der Waals surface area contributed by atoms with Crippen LogP contribution in [0.3, 0.4) is 0 Å². The maximum atomic E-state index is 13.7. The van der Waals surface area contributed by atoms with Gasteiger partial charge in [-0.2, -0.15) is 31.3 Å². The number of halogens is 7. The molecule has 2 aromatic carbocycles. The zero-order valence-electron chi connectivity index (χ0n) is 22.7. The van der Waals surface area contributed by atoms with Gasteiger partial charge >= 0.3 is 18.4 Å². The number of nitrogens with zero attached hydrogens (tertiary/aromatic N) is 4. The van der Waals surface area contributed by atoms with Crippen molar-refractivity contribution in [2.45, 2.75) is 31.7 Å². The second-order valence-electron chi connectivity index (χ2n) is 9.77. The third-order valence-electron chi connectivity index (χ3n) is 6.21. The summed E-state index contributed by atoms with van der Waals surface area (Å²) in [5.41, 5.74) is -5.29. The molecule has 14 heteroatoms. The van der Waals surface area contributed by atoms with E-state index in [0.717, 1.165) is 11.1 Å². The lowest BCUT2D eigenvalue weighted by Gasteiger charge is -2.37. The molecule has 0 aliphatic carbocycles. The van der Waals surface area contributed by atoms with Crippen LogP contribution in [0.4, 0.5) is 26.3 Å². The molecular formula is C27H27ClF6N4O3. The molecule has 3 rings (SSSR count). The van der Waals surface area contributed by atoms with Gasteiger partial charge in [-0.1, -0.05) is 23.7 Å². The summed E-state index contributed by atoms with van der Waals surface area (Å²) in [5.74, 6) is -0.987. The van der Waals surface area contributed by atoms with Gasteiger partial charge in [-0.25, -0.2) is 4.98 Å². The normalized spacial score (nSPS) is 12.4. The molecule has 0 N–H and O–H groups in total. The Bertz CT molecular complexity index is 1360. The highest BCUT2D eigenvalue weighted by Crippen LogP contribution is 2.40. The van der Waals surface area contributed by atoms with Crippen molar-refractivity contribution >= 4 is 17.5 Å². The molecule has 0 bridgehead atoms. The summed E-state index contributed by atoms with van der Waals surface area (Å²) in [6.45, 7) is 3.36. The van der Waals surface area contributed by atoms with E-state index in [9.17, 15) is 31.1 Å². The molecule has 0 spiro atoms. The number of benzene rings is 2. The van der Waals surface area contributed by atoms with E-state index in [1.165, 1.54) is 33.0 Å². The molecule has 0 unspecified atom stereocenters. The largest absolute Gasteiger partial charge is 0.462 e. The number of para-hydroxylation sites is 1. The van der Waals surface area contributed by atoms with Crippen LogP contribution in [0.25, 0.3) is 0 Å². The van der Waals surface area contributed by atoms with Crippen LogP contribution in [-0.4, -0.2) is 60.0 Å². The minimum Gasteiger partial charge on any atom is -0.462 e. The monoisotopic (exact) mass is 604 g/mol. The Hall–Kier alpha value is -3.58. The zero-order valence-corrected chi connectivity index (χ0v) is 23.4. The molecule has 0 saturated heterocycles. The first-order valence-electron chi connectivity index (χ1n) is 12.1. The highest BCUT2D eigenvalue weighted by atomic mass is 35.5. The van der Waals surface area contributed by atoms with Crippen molar-refractivity contribution in [3.05, 3.63) is 75.9 Å². The molecule has 1 amide bonds. The molecule has 0 fully saturated rings. The summed E-state index contributed by atoms with van der Waals surface area (Å²) in [6, 6.07) is 7.39. The lowest BCUT2D eigenvalue weighted by molar-refractivity contribution is -0.143. The van der Waals surface area contributed by atoms with E-state index >= 15 is 0 Å². The Labute approximate surface area is 237 Å². The maximum absolute atomic E-state index is 13.7. The predicted molar refractivity (Wildman–Crippen MR) is 139 cm³/mol. The lowest BCUT2D eigenvalue weighted by atomic mass is 9.89. The second-order valence-corrected chi connectivity index (χ2v) is 10.2. The molecule has 222 valence electrons. The zero-order chi connectivity index (χ0) is 30.8. The van der Waals surface area contributed by atoms with Crippen molar-refractivity contribution in [3.63, 3.8) is 0 Å². The van der Waals surface area contributed by atoms with Crippen molar-refractivity contribution in [3.8, 4) is 17.6 Å². The van der Waals surface area contributed by atoms with Crippen molar-refractivity contribution in [2.24, 2.45) is 0 Å². The number of hydrogen-bond donors (Lipinski definition) is 0. The number of aromatic nitrogens is 2. The first-order chi connectivity index (χ1) is 18.9. The first kappa shape index (κ1) is 31.9. The van der Waals surface area contributed by atoms with Gasteiger partial charge in [-0.3, -0.25) is 4.79 Å². The van der Waals surface area contributed by atoms with Gasteiger partial charge in [0.2, 0.25) is 5.88 Å². The number of carbonyl (C=O) groups excluding carboxylic acids is 1. The molecule has 7 nitrogen and oxygen atoms in total. The van der Waals surface area contributed by atoms with E-state index in [1.807, 2.05) is 19.0 Å². The SMILES string of the molecule is CN(C)CCOc1ncc(C(=O)N(C)C(C)(C)c2cc(C(F)(F)F)cc(C(F)(F)F)c2)c(Oc2ccccc2Cl)n1. The van der Waals surface area contributed by atoms with Gasteiger partial charge in [0.15, 0.2) is 0 Å². The highest BCUT2D eigenvalue weighted by Gasteiger charge is 2.40. The van der Waals surface area contributed by atoms with Gasteiger partial charge in [0.1, 0.15) is 17.9 Å². The van der Waals surface area contributed by atoms with E-state index in [2.05, 4.69) is 9.97 Å². The molecule has 1 heterocycles. The van der Waals surface area contributed by atoms with E-state index < -0.39 is 40.5 Å². The number of rotatable bonds is 9. The van der Waals surface area contributed by atoms with Crippen LogP contribution < -0.4 is 9.47 Å². The van der Waals surface area contributed by atoms with Crippen LogP contribution in [0, 0.1) is 0 Å². The van der Waals surface area contributed by atoms with Crippen molar-refractivity contribution in [1.82, 2.24) is 19.8 Å². The van der Waals surface area contributed by atoms with Crippen molar-refractivity contribution in [2.75, 3.05) is 34.3 Å². The van der Waals surface area contributed by atoms with Crippen LogP contribution >= 0.6 is 11.6 Å². The fourth-order valence-corrected chi connectivity index (χ4v) is 3.71. The third-order valence-corrected chi connectivity index (χ3v) is 6.52. The van der Waals surface area contributed by atoms with Gasteiger partial charge in [0.05, 0.1) is 27.9 Å². The molecule has 0 saturated carbocycles. The first-order valence-corrected chi connectivity index (χ1v) is 12.4. The Morgan fingerprint density at radius 3 is 2.02 bits per heavy atom. The minimum absolute atomic E-state index is 0.0276. The lowest BCUT2D eigenvalue weighted by Crippen LogP contribution is -2.43. The van der Waals surface area contributed by atoms with Crippen LogP contribution in [0.2, 0.25) is 5.02 Å². The molecular weight excluding hydrogens is 578 g/mol. The number of ether oxygens (including phenoxy) is 2. The van der Waals surface area contributed by atoms with Gasteiger partial charge < -0.3 is 19.3 Å². The van der Waals surface area contributed by atoms with Crippen LogP contribution in [-0.2, 0) is 17.9 Å². The molecule has 0 radical (unpaired) electrons. The van der Waals surface area contributed by atoms with Crippen LogP contribution in [0.5, 0.6) is 17.6 Å². The van der Waals surface area contributed by atoms with E-state index in [4.69, 9.17) is 21.1 Å². The molecule has 1 aromatic heterocycles.